The van der Waals surface area contributed by atoms with Crippen LogP contribution in [0.3, 0.4) is 0 Å². The summed E-state index contributed by atoms with van der Waals surface area (Å²) in [6.45, 7) is 0. The van der Waals surface area contributed by atoms with E-state index in [1.807, 2.05) is 24.3 Å². The first-order valence-corrected chi connectivity index (χ1v) is 6.60. The number of ether oxygens (including phenoxy) is 1. The van der Waals surface area contributed by atoms with Crippen molar-refractivity contribution in [3.05, 3.63) is 65.2 Å². The Kier molecular flexibility index (Phi) is 3.40. The van der Waals surface area contributed by atoms with Gasteiger partial charge in [-0.3, -0.25) is 0 Å². The molecule has 2 unspecified atom stereocenters. The van der Waals surface area contributed by atoms with Crippen molar-refractivity contribution < 1.29 is 13.5 Å². The van der Waals surface area contributed by atoms with Crippen LogP contribution in [0.5, 0.6) is 5.75 Å². The van der Waals surface area contributed by atoms with Gasteiger partial charge in [-0.2, -0.15) is 0 Å². The Balaban J connectivity index is 1.84. The van der Waals surface area contributed by atoms with Gasteiger partial charge in [0.15, 0.2) is 11.6 Å². The van der Waals surface area contributed by atoms with Gasteiger partial charge in [-0.15, -0.1) is 0 Å². The molecule has 104 valence electrons. The maximum Gasteiger partial charge on any atom is 0.165 e. The highest BCUT2D eigenvalue weighted by molar-refractivity contribution is 5.34. The highest BCUT2D eigenvalue weighted by Gasteiger charge is 2.28. The number of halogens is 2. The molecule has 0 spiro atoms. The van der Waals surface area contributed by atoms with Gasteiger partial charge >= 0.3 is 0 Å². The molecule has 4 heteroatoms. The second kappa shape index (κ2) is 5.21. The van der Waals surface area contributed by atoms with E-state index >= 15 is 0 Å². The smallest absolute Gasteiger partial charge is 0.165 e. The largest absolute Gasteiger partial charge is 0.485 e. The number of hydrogen-bond donors (Lipinski definition) is 1. The number of rotatable bonds is 2. The van der Waals surface area contributed by atoms with Crippen molar-refractivity contribution in [3.63, 3.8) is 0 Å². The molecule has 1 aliphatic carbocycles. The maximum atomic E-state index is 13.6. The van der Waals surface area contributed by atoms with Crippen molar-refractivity contribution in [1.29, 1.82) is 0 Å². The van der Waals surface area contributed by atoms with Gasteiger partial charge in [-0.05, 0) is 36.1 Å². The number of hydrogen-bond acceptors (Lipinski definition) is 2. The summed E-state index contributed by atoms with van der Waals surface area (Å²) in [5.41, 5.74) is 8.39. The Labute approximate surface area is 116 Å². The zero-order valence-electron chi connectivity index (χ0n) is 10.9. The fraction of sp³-hybridized carbons (Fsp3) is 0.250. The molecule has 2 N–H and O–H groups in total. The SMILES string of the molecule is NC1c2ccccc2CCC1Oc1cc(F)ccc1F. The van der Waals surface area contributed by atoms with E-state index in [-0.39, 0.29) is 17.9 Å². The van der Waals surface area contributed by atoms with E-state index < -0.39 is 11.6 Å². The average Bonchev–Trinajstić information content (AvgIpc) is 2.46. The molecule has 0 amide bonds. The van der Waals surface area contributed by atoms with E-state index in [9.17, 15) is 8.78 Å². The molecule has 0 aliphatic heterocycles. The summed E-state index contributed by atoms with van der Waals surface area (Å²) >= 11 is 0. The Morgan fingerprint density at radius 1 is 1.10 bits per heavy atom. The summed E-state index contributed by atoms with van der Waals surface area (Å²) in [5, 5.41) is 0. The lowest BCUT2D eigenvalue weighted by atomic mass is 9.86. The lowest BCUT2D eigenvalue weighted by Crippen LogP contribution is -2.36. The van der Waals surface area contributed by atoms with Crippen LogP contribution < -0.4 is 10.5 Å². The molecule has 3 rings (SSSR count). The molecule has 1 aliphatic rings. The van der Waals surface area contributed by atoms with E-state index in [4.69, 9.17) is 10.5 Å². The molecular weight excluding hydrogens is 260 g/mol. The highest BCUT2D eigenvalue weighted by atomic mass is 19.1. The van der Waals surface area contributed by atoms with Gasteiger partial charge in [0, 0.05) is 6.07 Å². The standard InChI is InChI=1S/C16H15F2NO/c17-11-6-7-13(18)15(9-11)20-14-8-5-10-3-1-2-4-12(10)16(14)19/h1-4,6-7,9,14,16H,5,8,19H2. The Bertz CT molecular complexity index is 630. The first-order valence-electron chi connectivity index (χ1n) is 6.60. The van der Waals surface area contributed by atoms with E-state index in [0.717, 1.165) is 30.2 Å². The van der Waals surface area contributed by atoms with E-state index in [0.29, 0.717) is 6.42 Å². The molecule has 20 heavy (non-hydrogen) atoms. The minimum atomic E-state index is -0.572. The minimum Gasteiger partial charge on any atom is -0.485 e. The molecular formula is C16H15F2NO. The second-order valence-corrected chi connectivity index (χ2v) is 4.99. The topological polar surface area (TPSA) is 35.2 Å². The Hall–Kier alpha value is -1.94. The van der Waals surface area contributed by atoms with Crippen LogP contribution in [0.1, 0.15) is 23.6 Å². The number of nitrogens with two attached hydrogens (primary N) is 1. The van der Waals surface area contributed by atoms with Gasteiger partial charge in [-0.25, -0.2) is 8.78 Å². The third kappa shape index (κ3) is 2.39. The molecule has 2 atom stereocenters. The summed E-state index contributed by atoms with van der Waals surface area (Å²) in [6, 6.07) is 10.7. The van der Waals surface area contributed by atoms with Gasteiger partial charge in [0.1, 0.15) is 11.9 Å². The molecule has 0 saturated carbocycles. The number of aryl methyl sites for hydroxylation is 1. The van der Waals surface area contributed by atoms with Gasteiger partial charge in [0.2, 0.25) is 0 Å². The summed E-state index contributed by atoms with van der Waals surface area (Å²) in [5.74, 6) is -1.17. The van der Waals surface area contributed by atoms with Crippen LogP contribution in [0.25, 0.3) is 0 Å². The van der Waals surface area contributed by atoms with Crippen molar-refractivity contribution in [1.82, 2.24) is 0 Å². The lowest BCUT2D eigenvalue weighted by Gasteiger charge is -2.31. The fourth-order valence-electron chi connectivity index (χ4n) is 2.63. The van der Waals surface area contributed by atoms with Crippen molar-refractivity contribution >= 4 is 0 Å². The maximum absolute atomic E-state index is 13.6. The van der Waals surface area contributed by atoms with Crippen molar-refractivity contribution in [2.45, 2.75) is 25.0 Å². The van der Waals surface area contributed by atoms with Crippen LogP contribution >= 0.6 is 0 Å². The molecule has 0 aromatic heterocycles. The molecule has 0 fully saturated rings. The van der Waals surface area contributed by atoms with Crippen LogP contribution in [0.4, 0.5) is 8.78 Å². The Morgan fingerprint density at radius 2 is 1.90 bits per heavy atom. The van der Waals surface area contributed by atoms with Crippen LogP contribution in [-0.2, 0) is 6.42 Å². The highest BCUT2D eigenvalue weighted by Crippen LogP contribution is 2.32. The summed E-state index contributed by atoms with van der Waals surface area (Å²) in [6.07, 6.45) is 1.17. The lowest BCUT2D eigenvalue weighted by molar-refractivity contribution is 0.146. The third-order valence-electron chi connectivity index (χ3n) is 3.68. The van der Waals surface area contributed by atoms with Gasteiger partial charge < -0.3 is 10.5 Å². The predicted octanol–water partition coefficient (Wildman–Crippen LogP) is 3.36. The Morgan fingerprint density at radius 3 is 2.75 bits per heavy atom. The van der Waals surface area contributed by atoms with Crippen LogP contribution in [-0.4, -0.2) is 6.10 Å². The molecule has 0 bridgehead atoms. The molecule has 0 heterocycles. The van der Waals surface area contributed by atoms with E-state index in [1.165, 1.54) is 5.56 Å². The first-order chi connectivity index (χ1) is 9.65. The van der Waals surface area contributed by atoms with Crippen molar-refractivity contribution in [2.24, 2.45) is 5.73 Å². The van der Waals surface area contributed by atoms with Gasteiger partial charge in [-0.1, -0.05) is 24.3 Å². The van der Waals surface area contributed by atoms with Gasteiger partial charge in [0.05, 0.1) is 6.04 Å². The quantitative estimate of drug-likeness (QED) is 0.912. The molecule has 2 nitrogen and oxygen atoms in total. The van der Waals surface area contributed by atoms with Crippen LogP contribution in [0, 0.1) is 11.6 Å². The second-order valence-electron chi connectivity index (χ2n) is 4.99. The number of fused-ring (bicyclic) bond motifs is 1. The summed E-state index contributed by atoms with van der Waals surface area (Å²) in [4.78, 5) is 0. The molecule has 0 saturated heterocycles. The summed E-state index contributed by atoms with van der Waals surface area (Å²) in [7, 11) is 0. The van der Waals surface area contributed by atoms with Crippen molar-refractivity contribution in [2.75, 3.05) is 0 Å². The van der Waals surface area contributed by atoms with E-state index in [1.54, 1.807) is 0 Å². The minimum absolute atomic E-state index is 0.0789. The molecule has 2 aromatic rings. The fourth-order valence-corrected chi connectivity index (χ4v) is 2.63. The van der Waals surface area contributed by atoms with Crippen LogP contribution in [0.15, 0.2) is 42.5 Å². The summed E-state index contributed by atoms with van der Waals surface area (Å²) < 4.78 is 32.4. The first kappa shape index (κ1) is 13.1. The third-order valence-corrected chi connectivity index (χ3v) is 3.68. The van der Waals surface area contributed by atoms with Crippen LogP contribution in [0.2, 0.25) is 0 Å². The number of benzene rings is 2. The monoisotopic (exact) mass is 275 g/mol. The van der Waals surface area contributed by atoms with E-state index in [2.05, 4.69) is 0 Å². The average molecular weight is 275 g/mol. The predicted molar refractivity (Wildman–Crippen MR) is 72.5 cm³/mol. The zero-order chi connectivity index (χ0) is 14.1. The van der Waals surface area contributed by atoms with Gasteiger partial charge in [0.25, 0.3) is 0 Å². The van der Waals surface area contributed by atoms with Crippen molar-refractivity contribution in [3.8, 4) is 5.75 Å². The zero-order valence-corrected chi connectivity index (χ0v) is 10.9. The molecule has 0 radical (unpaired) electrons. The molecule has 2 aromatic carbocycles. The normalized spacial score (nSPS) is 21.4.